The second-order valence-corrected chi connectivity index (χ2v) is 6.47. The van der Waals surface area contributed by atoms with Gasteiger partial charge in [0.2, 0.25) is 0 Å². The molecule has 4 rings (SSSR count). The van der Waals surface area contributed by atoms with Gasteiger partial charge in [-0.25, -0.2) is 14.8 Å². The molecule has 2 unspecified atom stereocenters. The van der Waals surface area contributed by atoms with Crippen LogP contribution in [0.25, 0.3) is 0 Å². The summed E-state index contributed by atoms with van der Waals surface area (Å²) in [6, 6.07) is 5.34. The Labute approximate surface area is 144 Å². The van der Waals surface area contributed by atoms with E-state index in [9.17, 15) is 4.79 Å². The summed E-state index contributed by atoms with van der Waals surface area (Å²) in [6.45, 7) is 0. The fourth-order valence-corrected chi connectivity index (χ4v) is 3.92. The summed E-state index contributed by atoms with van der Waals surface area (Å²) in [5.41, 5.74) is 2.78. The number of methoxy groups -OCH3 is 1. The highest BCUT2D eigenvalue weighted by molar-refractivity contribution is 6.32. The maximum atomic E-state index is 12.8. The van der Waals surface area contributed by atoms with E-state index in [-0.39, 0.29) is 18.1 Å². The molecule has 0 radical (unpaired) electrons. The van der Waals surface area contributed by atoms with Crippen molar-refractivity contribution in [3.05, 3.63) is 47.0 Å². The van der Waals surface area contributed by atoms with Crippen molar-refractivity contribution in [2.24, 2.45) is 0 Å². The number of carbonyl (C=O) groups excluding carboxylic acids is 1. The highest BCUT2D eigenvalue weighted by atomic mass is 35.5. The lowest BCUT2D eigenvalue weighted by atomic mass is 10.00. The largest absolute Gasteiger partial charge is 0.495 e. The molecule has 2 aliphatic rings. The summed E-state index contributed by atoms with van der Waals surface area (Å²) in [6.07, 6.45) is 6.12. The first-order valence-corrected chi connectivity index (χ1v) is 8.27. The molecule has 3 heterocycles. The molecule has 7 heteroatoms. The van der Waals surface area contributed by atoms with Crippen LogP contribution in [-0.4, -0.2) is 34.1 Å². The van der Waals surface area contributed by atoms with Gasteiger partial charge in [-0.1, -0.05) is 11.6 Å². The Hall–Kier alpha value is -2.34. The molecule has 2 aromatic rings. The predicted octanol–water partition coefficient (Wildman–Crippen LogP) is 3.43. The number of ether oxygens (including phenoxy) is 1. The van der Waals surface area contributed by atoms with Crippen LogP contribution in [0.5, 0.6) is 5.75 Å². The van der Waals surface area contributed by atoms with Crippen LogP contribution in [0.4, 0.5) is 10.5 Å². The van der Waals surface area contributed by atoms with Crippen molar-refractivity contribution in [2.75, 3.05) is 12.4 Å². The highest BCUT2D eigenvalue weighted by Gasteiger charge is 2.43. The first kappa shape index (κ1) is 15.2. The monoisotopic (exact) mass is 344 g/mol. The predicted molar refractivity (Wildman–Crippen MR) is 90.4 cm³/mol. The van der Waals surface area contributed by atoms with Crippen LogP contribution in [0.2, 0.25) is 5.02 Å². The average molecular weight is 345 g/mol. The molecule has 0 aliphatic carbocycles. The fourth-order valence-electron chi connectivity index (χ4n) is 3.67. The summed E-state index contributed by atoms with van der Waals surface area (Å²) in [5, 5.41) is 3.41. The van der Waals surface area contributed by atoms with Crippen LogP contribution in [-0.2, 0) is 6.42 Å². The second-order valence-electron chi connectivity index (χ2n) is 6.06. The lowest BCUT2D eigenvalue weighted by Gasteiger charge is -2.35. The topological polar surface area (TPSA) is 67.3 Å². The molecule has 1 N–H and O–H groups in total. The van der Waals surface area contributed by atoms with Crippen molar-refractivity contribution >= 4 is 23.3 Å². The zero-order valence-electron chi connectivity index (χ0n) is 13.2. The van der Waals surface area contributed by atoms with Gasteiger partial charge in [0.15, 0.2) is 0 Å². The molecule has 2 bridgehead atoms. The molecular formula is C17H17ClN4O2. The molecule has 1 fully saturated rings. The number of nitrogens with zero attached hydrogens (tertiary/aromatic N) is 3. The third-order valence-corrected chi connectivity index (χ3v) is 5.05. The summed E-state index contributed by atoms with van der Waals surface area (Å²) < 4.78 is 5.14. The number of rotatable bonds is 2. The molecule has 24 heavy (non-hydrogen) atoms. The zero-order valence-corrected chi connectivity index (χ0v) is 14.0. The van der Waals surface area contributed by atoms with E-state index in [2.05, 4.69) is 15.3 Å². The van der Waals surface area contributed by atoms with Crippen LogP contribution in [0.3, 0.4) is 0 Å². The van der Waals surface area contributed by atoms with Crippen molar-refractivity contribution in [3.8, 4) is 5.75 Å². The Kier molecular flexibility index (Phi) is 3.76. The van der Waals surface area contributed by atoms with Crippen molar-refractivity contribution < 1.29 is 9.53 Å². The number of aromatic nitrogens is 2. The van der Waals surface area contributed by atoms with Gasteiger partial charge in [-0.15, -0.1) is 0 Å². The summed E-state index contributed by atoms with van der Waals surface area (Å²) in [4.78, 5) is 23.2. The Bertz CT molecular complexity index is 798. The summed E-state index contributed by atoms with van der Waals surface area (Å²) >= 11 is 6.13. The van der Waals surface area contributed by atoms with Gasteiger partial charge in [0, 0.05) is 29.9 Å². The number of hydrogen-bond acceptors (Lipinski definition) is 4. The van der Waals surface area contributed by atoms with E-state index < -0.39 is 0 Å². The standard InChI is InChI=1S/C17H17ClN4O2/c1-24-16-5-2-10(6-13(16)18)21-17(23)22-11-3-4-15(22)12-8-19-9-20-14(12)7-11/h2,5-6,8-9,11,15H,3-4,7H2,1H3,(H,21,23). The van der Waals surface area contributed by atoms with Crippen molar-refractivity contribution in [1.29, 1.82) is 0 Å². The van der Waals surface area contributed by atoms with E-state index in [4.69, 9.17) is 16.3 Å². The minimum atomic E-state index is -0.113. The maximum absolute atomic E-state index is 12.8. The number of halogens is 1. The number of hydrogen-bond donors (Lipinski definition) is 1. The summed E-state index contributed by atoms with van der Waals surface area (Å²) in [5.74, 6) is 0.582. The van der Waals surface area contributed by atoms with Crippen molar-refractivity contribution in [3.63, 3.8) is 0 Å². The van der Waals surface area contributed by atoms with Gasteiger partial charge >= 0.3 is 6.03 Å². The van der Waals surface area contributed by atoms with Gasteiger partial charge in [-0.3, -0.25) is 0 Å². The number of anilines is 1. The number of carbonyl (C=O) groups is 1. The molecule has 124 valence electrons. The van der Waals surface area contributed by atoms with Crippen molar-refractivity contribution in [1.82, 2.24) is 14.9 Å². The van der Waals surface area contributed by atoms with E-state index in [1.54, 1.807) is 31.6 Å². The molecule has 2 aliphatic heterocycles. The lowest BCUT2D eigenvalue weighted by molar-refractivity contribution is 0.178. The van der Waals surface area contributed by atoms with E-state index >= 15 is 0 Å². The first-order valence-electron chi connectivity index (χ1n) is 7.89. The molecule has 2 amide bonds. The fraction of sp³-hybridized carbons (Fsp3) is 0.353. The van der Waals surface area contributed by atoms with Crippen LogP contribution < -0.4 is 10.1 Å². The van der Waals surface area contributed by atoms with E-state index in [1.807, 2.05) is 11.1 Å². The Morgan fingerprint density at radius 1 is 1.42 bits per heavy atom. The number of amides is 2. The molecular weight excluding hydrogens is 328 g/mol. The van der Waals surface area contributed by atoms with Gasteiger partial charge in [0.25, 0.3) is 0 Å². The van der Waals surface area contributed by atoms with E-state index in [0.29, 0.717) is 16.5 Å². The third kappa shape index (κ3) is 2.47. The van der Waals surface area contributed by atoms with Crippen LogP contribution in [0.15, 0.2) is 30.7 Å². The van der Waals surface area contributed by atoms with E-state index in [0.717, 1.165) is 30.5 Å². The van der Waals surface area contributed by atoms with Gasteiger partial charge in [0.05, 0.1) is 23.9 Å². The molecule has 1 aromatic heterocycles. The normalized spacial score (nSPS) is 21.3. The molecule has 6 nitrogen and oxygen atoms in total. The van der Waals surface area contributed by atoms with Gasteiger partial charge in [-0.05, 0) is 31.0 Å². The molecule has 0 spiro atoms. The van der Waals surface area contributed by atoms with E-state index in [1.165, 1.54) is 0 Å². The van der Waals surface area contributed by atoms with Crippen molar-refractivity contribution in [2.45, 2.75) is 31.3 Å². The number of urea groups is 1. The van der Waals surface area contributed by atoms with Gasteiger partial charge in [-0.2, -0.15) is 0 Å². The average Bonchev–Trinajstić information content (AvgIpc) is 2.90. The molecule has 1 aromatic carbocycles. The second kappa shape index (κ2) is 5.94. The van der Waals surface area contributed by atoms with Gasteiger partial charge in [0.1, 0.15) is 12.1 Å². The zero-order chi connectivity index (χ0) is 16.7. The number of benzene rings is 1. The van der Waals surface area contributed by atoms with Crippen LogP contribution in [0, 0.1) is 0 Å². The molecule has 1 saturated heterocycles. The number of fused-ring (bicyclic) bond motifs is 4. The quantitative estimate of drug-likeness (QED) is 0.906. The molecule has 0 saturated carbocycles. The minimum absolute atomic E-state index is 0.0497. The number of nitrogens with one attached hydrogen (secondary N) is 1. The minimum Gasteiger partial charge on any atom is -0.495 e. The highest BCUT2D eigenvalue weighted by Crippen LogP contribution is 2.43. The smallest absolute Gasteiger partial charge is 0.322 e. The maximum Gasteiger partial charge on any atom is 0.322 e. The first-order chi connectivity index (χ1) is 11.7. The molecule has 2 atom stereocenters. The van der Waals surface area contributed by atoms with Gasteiger partial charge < -0.3 is 15.0 Å². The Morgan fingerprint density at radius 3 is 3.08 bits per heavy atom. The van der Waals surface area contributed by atoms with Crippen LogP contribution >= 0.6 is 11.6 Å². The van der Waals surface area contributed by atoms with Crippen LogP contribution in [0.1, 0.15) is 30.1 Å². The third-order valence-electron chi connectivity index (χ3n) is 4.76. The lowest BCUT2D eigenvalue weighted by Crippen LogP contribution is -2.44. The Morgan fingerprint density at radius 2 is 2.29 bits per heavy atom. The Balaban J connectivity index is 1.56. The summed E-state index contributed by atoms with van der Waals surface area (Å²) in [7, 11) is 1.56. The SMILES string of the molecule is COc1ccc(NC(=O)N2C3CCC2c2cncnc2C3)cc1Cl.